The second-order valence-electron chi connectivity index (χ2n) is 5.91. The zero-order chi connectivity index (χ0) is 16.1. The molecule has 2 heterocycles. The average Bonchev–Trinajstić information content (AvgIpc) is 3.08. The molecule has 2 aromatic carbocycles. The highest BCUT2D eigenvalue weighted by Gasteiger charge is 2.16. The highest BCUT2D eigenvalue weighted by atomic mass is 16.2. The van der Waals surface area contributed by atoms with E-state index in [4.69, 9.17) is 5.73 Å². The van der Waals surface area contributed by atoms with Crippen LogP contribution in [0.1, 0.15) is 16.1 Å². The molecule has 0 amide bonds. The Labute approximate surface area is 133 Å². The van der Waals surface area contributed by atoms with E-state index in [1.54, 1.807) is 4.57 Å². The normalized spacial score (nSPS) is 11.4. The molecule has 2 aromatic heterocycles. The number of nitrogens with zero attached hydrogens (tertiary/aromatic N) is 2. The summed E-state index contributed by atoms with van der Waals surface area (Å²) >= 11 is 0. The summed E-state index contributed by atoms with van der Waals surface area (Å²) in [6.45, 7) is 1.93. The van der Waals surface area contributed by atoms with Crippen LogP contribution >= 0.6 is 0 Å². The number of rotatable bonds is 1. The van der Waals surface area contributed by atoms with Crippen molar-refractivity contribution in [1.82, 2.24) is 9.13 Å². The lowest BCUT2D eigenvalue weighted by atomic mass is 10.1. The predicted octanol–water partition coefficient (Wildman–Crippen LogP) is 3.71. The number of carbonyl (C=O) groups excluding carboxylic acids is 1. The van der Waals surface area contributed by atoms with Gasteiger partial charge in [-0.25, -0.2) is 0 Å². The Morgan fingerprint density at radius 1 is 1.04 bits per heavy atom. The van der Waals surface area contributed by atoms with E-state index in [0.29, 0.717) is 11.3 Å². The molecule has 4 rings (SSSR count). The molecule has 0 aliphatic rings. The summed E-state index contributed by atoms with van der Waals surface area (Å²) in [4.78, 5) is 13.0. The molecule has 2 N–H and O–H groups in total. The third-order valence-electron chi connectivity index (χ3n) is 4.40. The Morgan fingerprint density at radius 2 is 1.87 bits per heavy atom. The smallest absolute Gasteiger partial charge is 0.262 e. The van der Waals surface area contributed by atoms with Gasteiger partial charge in [-0.3, -0.25) is 9.36 Å². The largest absolute Gasteiger partial charge is 0.398 e. The van der Waals surface area contributed by atoms with Crippen molar-refractivity contribution in [3.8, 4) is 0 Å². The fraction of sp³-hybridized carbons (Fsp3) is 0.105. The van der Waals surface area contributed by atoms with Crippen LogP contribution in [0.3, 0.4) is 0 Å². The fourth-order valence-corrected chi connectivity index (χ4v) is 3.18. The van der Waals surface area contributed by atoms with Gasteiger partial charge in [-0.1, -0.05) is 12.1 Å². The van der Waals surface area contributed by atoms with Gasteiger partial charge in [-0.15, -0.1) is 0 Å². The van der Waals surface area contributed by atoms with Crippen molar-refractivity contribution in [3.63, 3.8) is 0 Å². The zero-order valence-corrected chi connectivity index (χ0v) is 13.1. The van der Waals surface area contributed by atoms with Gasteiger partial charge in [0, 0.05) is 41.1 Å². The minimum atomic E-state index is -0.0359. The molecule has 0 bridgehead atoms. The van der Waals surface area contributed by atoms with E-state index in [1.165, 1.54) is 0 Å². The van der Waals surface area contributed by atoms with E-state index >= 15 is 0 Å². The van der Waals surface area contributed by atoms with E-state index in [9.17, 15) is 4.79 Å². The van der Waals surface area contributed by atoms with Gasteiger partial charge in [0.25, 0.3) is 5.91 Å². The van der Waals surface area contributed by atoms with Gasteiger partial charge < -0.3 is 10.3 Å². The zero-order valence-electron chi connectivity index (χ0n) is 13.1. The molecule has 0 aliphatic carbocycles. The third kappa shape index (κ3) is 1.95. The van der Waals surface area contributed by atoms with Gasteiger partial charge in [0.2, 0.25) is 0 Å². The number of aryl methyl sites for hydroxylation is 2. The molecular formula is C19H17N3O. The van der Waals surface area contributed by atoms with Crippen molar-refractivity contribution >= 4 is 33.4 Å². The maximum atomic E-state index is 13.0. The van der Waals surface area contributed by atoms with Gasteiger partial charge in [0.15, 0.2) is 0 Å². The number of carbonyl (C=O) groups is 1. The van der Waals surface area contributed by atoms with Gasteiger partial charge in [-0.05, 0) is 48.7 Å². The van der Waals surface area contributed by atoms with Gasteiger partial charge >= 0.3 is 0 Å². The first kappa shape index (κ1) is 13.6. The Morgan fingerprint density at radius 3 is 2.70 bits per heavy atom. The monoisotopic (exact) mass is 303 g/mol. The van der Waals surface area contributed by atoms with Crippen LogP contribution in [0.2, 0.25) is 0 Å². The number of nitrogen functional groups attached to an aromatic ring is 1. The van der Waals surface area contributed by atoms with E-state index < -0.39 is 0 Å². The summed E-state index contributed by atoms with van der Waals surface area (Å²) in [6.07, 6.45) is 2.00. The molecule has 23 heavy (non-hydrogen) atoms. The Bertz CT molecular complexity index is 1070. The first-order chi connectivity index (χ1) is 11.1. The minimum absolute atomic E-state index is 0.0359. The predicted molar refractivity (Wildman–Crippen MR) is 93.7 cm³/mol. The molecule has 0 spiro atoms. The van der Waals surface area contributed by atoms with Gasteiger partial charge in [-0.2, -0.15) is 0 Å². The summed E-state index contributed by atoms with van der Waals surface area (Å²) in [5.41, 5.74) is 10.2. The topological polar surface area (TPSA) is 52.9 Å². The number of hydrogen-bond acceptors (Lipinski definition) is 2. The minimum Gasteiger partial charge on any atom is -0.398 e. The Balaban J connectivity index is 1.92. The van der Waals surface area contributed by atoms with Crippen LogP contribution < -0.4 is 5.73 Å². The van der Waals surface area contributed by atoms with Crippen LogP contribution in [0.4, 0.5) is 5.69 Å². The number of aromatic nitrogens is 2. The summed E-state index contributed by atoms with van der Waals surface area (Å²) < 4.78 is 3.75. The fourth-order valence-electron chi connectivity index (χ4n) is 3.18. The molecule has 0 radical (unpaired) electrons. The van der Waals surface area contributed by atoms with E-state index in [1.807, 2.05) is 73.3 Å². The molecule has 4 heteroatoms. The van der Waals surface area contributed by atoms with Crippen molar-refractivity contribution in [1.29, 1.82) is 0 Å². The van der Waals surface area contributed by atoms with Crippen LogP contribution in [-0.2, 0) is 7.05 Å². The van der Waals surface area contributed by atoms with Crippen LogP contribution in [0.5, 0.6) is 0 Å². The van der Waals surface area contributed by atoms with E-state index in [-0.39, 0.29) is 5.91 Å². The highest BCUT2D eigenvalue weighted by Crippen LogP contribution is 2.26. The maximum Gasteiger partial charge on any atom is 0.262 e. The standard InChI is InChI=1S/C19H17N3O/c1-12-10-15-16(20)4-3-5-17(15)22(12)19(23)14-7-6-13-8-9-21(2)18(13)11-14/h3-11H,20H2,1-2H3. The van der Waals surface area contributed by atoms with Gasteiger partial charge in [0.1, 0.15) is 0 Å². The number of benzene rings is 2. The SMILES string of the molecule is Cc1cc2c(N)cccc2n1C(=O)c1ccc2ccn(C)c2c1. The van der Waals surface area contributed by atoms with Crippen LogP contribution in [-0.4, -0.2) is 15.0 Å². The quantitative estimate of drug-likeness (QED) is 0.545. The summed E-state index contributed by atoms with van der Waals surface area (Å²) in [5, 5.41) is 2.04. The summed E-state index contributed by atoms with van der Waals surface area (Å²) in [7, 11) is 1.98. The molecule has 114 valence electrons. The molecule has 0 aliphatic heterocycles. The first-order valence-corrected chi connectivity index (χ1v) is 7.52. The molecule has 4 nitrogen and oxygen atoms in total. The molecule has 0 fully saturated rings. The van der Waals surface area contributed by atoms with Crippen molar-refractivity contribution in [3.05, 3.63) is 66.0 Å². The number of anilines is 1. The molecule has 0 unspecified atom stereocenters. The van der Waals surface area contributed by atoms with Crippen LogP contribution in [0.15, 0.2) is 54.7 Å². The van der Waals surface area contributed by atoms with Crippen molar-refractivity contribution in [2.45, 2.75) is 6.92 Å². The molecular weight excluding hydrogens is 286 g/mol. The Hall–Kier alpha value is -3.01. The summed E-state index contributed by atoms with van der Waals surface area (Å²) in [6, 6.07) is 15.5. The second-order valence-corrected chi connectivity index (χ2v) is 5.91. The van der Waals surface area contributed by atoms with Gasteiger partial charge in [0.05, 0.1) is 5.52 Å². The van der Waals surface area contributed by atoms with Crippen molar-refractivity contribution < 1.29 is 4.79 Å². The van der Waals surface area contributed by atoms with Crippen molar-refractivity contribution in [2.75, 3.05) is 5.73 Å². The average molecular weight is 303 g/mol. The van der Waals surface area contributed by atoms with E-state index in [2.05, 4.69) is 0 Å². The lowest BCUT2D eigenvalue weighted by molar-refractivity contribution is 0.0963. The first-order valence-electron chi connectivity index (χ1n) is 7.52. The third-order valence-corrected chi connectivity index (χ3v) is 4.40. The number of nitrogens with two attached hydrogens (primary N) is 1. The lowest BCUT2D eigenvalue weighted by Gasteiger charge is -2.08. The lowest BCUT2D eigenvalue weighted by Crippen LogP contribution is -2.13. The van der Waals surface area contributed by atoms with Crippen LogP contribution in [0, 0.1) is 6.92 Å². The number of fused-ring (bicyclic) bond motifs is 2. The molecule has 0 atom stereocenters. The summed E-state index contributed by atoms with van der Waals surface area (Å²) in [5.74, 6) is -0.0359. The van der Waals surface area contributed by atoms with E-state index in [0.717, 1.165) is 27.5 Å². The highest BCUT2D eigenvalue weighted by molar-refractivity contribution is 6.06. The second kappa shape index (κ2) is 4.74. The maximum absolute atomic E-state index is 13.0. The van der Waals surface area contributed by atoms with Crippen LogP contribution in [0.25, 0.3) is 21.8 Å². The van der Waals surface area contributed by atoms with Crippen molar-refractivity contribution in [2.24, 2.45) is 7.05 Å². The number of hydrogen-bond donors (Lipinski definition) is 1. The Kier molecular flexibility index (Phi) is 2.81. The molecule has 0 saturated carbocycles. The molecule has 0 saturated heterocycles. The molecule has 4 aromatic rings.